The fourth-order valence-corrected chi connectivity index (χ4v) is 2.45. The smallest absolute Gasteiger partial charge is 0.136 e. The van der Waals surface area contributed by atoms with E-state index >= 15 is 0 Å². The zero-order valence-electron chi connectivity index (χ0n) is 11.1. The molecule has 0 atom stereocenters. The molecule has 0 amide bonds. The van der Waals surface area contributed by atoms with Crippen molar-refractivity contribution < 1.29 is 9.53 Å². The summed E-state index contributed by atoms with van der Waals surface area (Å²) < 4.78 is 5.13. The van der Waals surface area contributed by atoms with Crippen LogP contribution in [0.15, 0.2) is 18.2 Å². The first-order valence-corrected chi connectivity index (χ1v) is 6.51. The second kappa shape index (κ2) is 6.35. The van der Waals surface area contributed by atoms with E-state index < -0.39 is 0 Å². The Balaban J connectivity index is 2.00. The highest BCUT2D eigenvalue weighted by Gasteiger charge is 2.18. The van der Waals surface area contributed by atoms with Gasteiger partial charge in [0.1, 0.15) is 18.1 Å². The predicted octanol–water partition coefficient (Wildman–Crippen LogP) is 1.98. The molecule has 0 aromatic heterocycles. The molecule has 1 fully saturated rings. The lowest BCUT2D eigenvalue weighted by molar-refractivity contribution is -0.112. The molecule has 0 radical (unpaired) electrons. The quantitative estimate of drug-likeness (QED) is 0.775. The van der Waals surface area contributed by atoms with E-state index in [2.05, 4.69) is 11.0 Å². The first kappa shape index (κ1) is 13.6. The highest BCUT2D eigenvalue weighted by molar-refractivity contribution is 5.53. The molecule has 19 heavy (non-hydrogen) atoms. The molecule has 0 unspecified atom stereocenters. The maximum Gasteiger partial charge on any atom is 0.136 e. The van der Waals surface area contributed by atoms with Crippen LogP contribution in [0.1, 0.15) is 24.0 Å². The van der Waals surface area contributed by atoms with Crippen molar-refractivity contribution in [3.63, 3.8) is 0 Å². The minimum absolute atomic E-state index is 0.224. The van der Waals surface area contributed by atoms with Gasteiger partial charge in [-0.2, -0.15) is 5.26 Å². The van der Waals surface area contributed by atoms with E-state index in [0.29, 0.717) is 11.3 Å². The average Bonchev–Trinajstić information content (AvgIpc) is 2.48. The number of rotatable bonds is 4. The van der Waals surface area contributed by atoms with E-state index in [1.165, 1.54) is 0 Å². The van der Waals surface area contributed by atoms with Gasteiger partial charge in [0, 0.05) is 12.5 Å². The van der Waals surface area contributed by atoms with Crippen LogP contribution in [0, 0.1) is 17.2 Å². The Morgan fingerprint density at radius 3 is 2.79 bits per heavy atom. The van der Waals surface area contributed by atoms with Crippen molar-refractivity contribution in [2.24, 2.45) is 5.92 Å². The number of aldehydes is 1. The van der Waals surface area contributed by atoms with Crippen molar-refractivity contribution in [3.8, 4) is 11.8 Å². The summed E-state index contributed by atoms with van der Waals surface area (Å²) in [6.45, 7) is 2.71. The lowest BCUT2D eigenvalue weighted by Crippen LogP contribution is -2.33. The first-order valence-electron chi connectivity index (χ1n) is 6.51. The summed E-state index contributed by atoms with van der Waals surface area (Å²) in [4.78, 5) is 13.0. The van der Waals surface area contributed by atoms with Crippen LogP contribution in [0.25, 0.3) is 0 Å². The van der Waals surface area contributed by atoms with Gasteiger partial charge in [-0.25, -0.2) is 0 Å². The third kappa shape index (κ3) is 3.33. The maximum absolute atomic E-state index is 10.7. The van der Waals surface area contributed by atoms with E-state index in [4.69, 9.17) is 10.00 Å². The second-order valence-electron chi connectivity index (χ2n) is 4.90. The predicted molar refractivity (Wildman–Crippen MR) is 71.8 cm³/mol. The fourth-order valence-electron chi connectivity index (χ4n) is 2.45. The number of benzene rings is 1. The SMILES string of the molecule is COc1ccc(CN2CCC(C=O)CC2)cc1C#N. The van der Waals surface area contributed by atoms with Gasteiger partial charge in [0.15, 0.2) is 0 Å². The van der Waals surface area contributed by atoms with Crippen molar-refractivity contribution in [3.05, 3.63) is 29.3 Å². The topological polar surface area (TPSA) is 53.3 Å². The highest BCUT2D eigenvalue weighted by atomic mass is 16.5. The summed E-state index contributed by atoms with van der Waals surface area (Å²) >= 11 is 0. The van der Waals surface area contributed by atoms with E-state index in [0.717, 1.165) is 44.3 Å². The van der Waals surface area contributed by atoms with Gasteiger partial charge in [-0.05, 0) is 43.6 Å². The van der Waals surface area contributed by atoms with Gasteiger partial charge in [0.05, 0.1) is 12.7 Å². The van der Waals surface area contributed by atoms with Gasteiger partial charge in [-0.15, -0.1) is 0 Å². The Hall–Kier alpha value is -1.86. The third-order valence-electron chi connectivity index (χ3n) is 3.62. The van der Waals surface area contributed by atoms with E-state index in [9.17, 15) is 4.79 Å². The van der Waals surface area contributed by atoms with Crippen LogP contribution in [0.4, 0.5) is 0 Å². The summed E-state index contributed by atoms with van der Waals surface area (Å²) in [6.07, 6.45) is 2.94. The standard InChI is InChI=1S/C15H18N2O2/c1-19-15-3-2-13(8-14(15)9-16)10-17-6-4-12(11-18)5-7-17/h2-3,8,11-12H,4-7,10H2,1H3. The highest BCUT2D eigenvalue weighted by Crippen LogP contribution is 2.21. The maximum atomic E-state index is 10.7. The molecule has 1 heterocycles. The van der Waals surface area contributed by atoms with Crippen LogP contribution in [-0.2, 0) is 11.3 Å². The normalized spacial score (nSPS) is 16.8. The molecule has 0 bridgehead atoms. The summed E-state index contributed by atoms with van der Waals surface area (Å²) in [5.41, 5.74) is 1.68. The van der Waals surface area contributed by atoms with E-state index in [-0.39, 0.29) is 5.92 Å². The largest absolute Gasteiger partial charge is 0.495 e. The van der Waals surface area contributed by atoms with Gasteiger partial charge in [0.25, 0.3) is 0 Å². The molecule has 2 rings (SSSR count). The molecule has 100 valence electrons. The van der Waals surface area contributed by atoms with Crippen molar-refractivity contribution in [2.45, 2.75) is 19.4 Å². The molecule has 1 saturated heterocycles. The average molecular weight is 258 g/mol. The van der Waals surface area contributed by atoms with Crippen molar-refractivity contribution >= 4 is 6.29 Å². The number of nitriles is 1. The van der Waals surface area contributed by atoms with Crippen LogP contribution >= 0.6 is 0 Å². The molecule has 0 aliphatic carbocycles. The molecule has 1 aliphatic heterocycles. The number of hydrogen-bond acceptors (Lipinski definition) is 4. The molecular formula is C15H18N2O2. The van der Waals surface area contributed by atoms with Gasteiger partial charge in [-0.3, -0.25) is 4.90 Å². The van der Waals surface area contributed by atoms with Crippen molar-refractivity contribution in [1.29, 1.82) is 5.26 Å². The minimum Gasteiger partial charge on any atom is -0.495 e. The molecule has 1 aliphatic rings. The second-order valence-corrected chi connectivity index (χ2v) is 4.90. The zero-order chi connectivity index (χ0) is 13.7. The Morgan fingerprint density at radius 2 is 2.21 bits per heavy atom. The number of ether oxygens (including phenoxy) is 1. The number of likely N-dealkylation sites (tertiary alicyclic amines) is 1. The Morgan fingerprint density at radius 1 is 1.47 bits per heavy atom. The monoisotopic (exact) mass is 258 g/mol. The molecule has 1 aromatic carbocycles. The molecule has 1 aromatic rings. The van der Waals surface area contributed by atoms with Gasteiger partial charge in [-0.1, -0.05) is 6.07 Å². The first-order chi connectivity index (χ1) is 9.26. The molecule has 4 nitrogen and oxygen atoms in total. The fraction of sp³-hybridized carbons (Fsp3) is 0.467. The summed E-state index contributed by atoms with van der Waals surface area (Å²) in [5, 5.41) is 9.06. The van der Waals surface area contributed by atoms with E-state index in [1.54, 1.807) is 7.11 Å². The molecule has 4 heteroatoms. The number of piperidine rings is 1. The number of carbonyl (C=O) groups excluding carboxylic acids is 1. The number of nitrogens with zero attached hydrogens (tertiary/aromatic N) is 2. The summed E-state index contributed by atoms with van der Waals surface area (Å²) in [7, 11) is 1.57. The van der Waals surface area contributed by atoms with Crippen LogP contribution in [0.3, 0.4) is 0 Å². The Labute approximate surface area is 113 Å². The van der Waals surface area contributed by atoms with Crippen LogP contribution in [0.5, 0.6) is 5.75 Å². The van der Waals surface area contributed by atoms with Crippen LogP contribution in [-0.4, -0.2) is 31.4 Å². The van der Waals surface area contributed by atoms with Crippen LogP contribution < -0.4 is 4.74 Å². The zero-order valence-corrected chi connectivity index (χ0v) is 11.1. The number of methoxy groups -OCH3 is 1. The lowest BCUT2D eigenvalue weighted by Gasteiger charge is -2.29. The number of hydrogen-bond donors (Lipinski definition) is 0. The van der Waals surface area contributed by atoms with Gasteiger partial charge in [0.2, 0.25) is 0 Å². The van der Waals surface area contributed by atoms with Crippen LogP contribution in [0.2, 0.25) is 0 Å². The number of carbonyl (C=O) groups is 1. The van der Waals surface area contributed by atoms with E-state index in [1.807, 2.05) is 18.2 Å². The van der Waals surface area contributed by atoms with Crippen molar-refractivity contribution in [2.75, 3.05) is 20.2 Å². The lowest BCUT2D eigenvalue weighted by atomic mass is 9.98. The Bertz CT molecular complexity index is 485. The van der Waals surface area contributed by atoms with Gasteiger partial charge >= 0.3 is 0 Å². The Kier molecular flexibility index (Phi) is 4.53. The molecule has 0 saturated carbocycles. The third-order valence-corrected chi connectivity index (χ3v) is 3.62. The summed E-state index contributed by atoms with van der Waals surface area (Å²) in [6, 6.07) is 7.86. The van der Waals surface area contributed by atoms with Gasteiger partial charge < -0.3 is 9.53 Å². The summed E-state index contributed by atoms with van der Waals surface area (Å²) in [5.74, 6) is 0.840. The van der Waals surface area contributed by atoms with Crippen molar-refractivity contribution in [1.82, 2.24) is 4.90 Å². The molecule has 0 N–H and O–H groups in total. The minimum atomic E-state index is 0.224. The molecule has 0 spiro atoms. The molecular weight excluding hydrogens is 240 g/mol.